The average Bonchev–Trinajstić information content (AvgIpc) is 2.27. The molecular formula is C12H13NO3. The first-order chi connectivity index (χ1) is 7.63. The van der Waals surface area contributed by atoms with Crippen molar-refractivity contribution in [2.45, 2.75) is 13.3 Å². The smallest absolute Gasteiger partial charge is 0.328 e. The number of amides is 1. The van der Waals surface area contributed by atoms with Crippen LogP contribution >= 0.6 is 0 Å². The lowest BCUT2D eigenvalue weighted by Gasteiger charge is -2.07. The zero-order valence-electron chi connectivity index (χ0n) is 8.93. The molecule has 1 aromatic carbocycles. The van der Waals surface area contributed by atoms with E-state index in [0.717, 1.165) is 24.1 Å². The Kier molecular flexibility index (Phi) is 4.27. The molecule has 0 aromatic heterocycles. The number of carbonyl (C=O) groups is 2. The van der Waals surface area contributed by atoms with E-state index in [4.69, 9.17) is 5.11 Å². The third-order valence-corrected chi connectivity index (χ3v) is 2.03. The number of aryl methyl sites for hydroxylation is 1. The first-order valence-electron chi connectivity index (χ1n) is 4.93. The highest BCUT2D eigenvalue weighted by atomic mass is 16.4. The van der Waals surface area contributed by atoms with Crippen LogP contribution in [0.1, 0.15) is 12.5 Å². The number of aliphatic carboxylic acids is 1. The molecule has 0 heterocycles. The Morgan fingerprint density at radius 3 is 2.62 bits per heavy atom. The monoisotopic (exact) mass is 219 g/mol. The lowest BCUT2D eigenvalue weighted by atomic mass is 10.1. The average molecular weight is 219 g/mol. The van der Waals surface area contributed by atoms with Crippen LogP contribution in [0.5, 0.6) is 0 Å². The molecule has 0 radical (unpaired) electrons. The lowest BCUT2D eigenvalue weighted by molar-refractivity contribution is -0.131. The fourth-order valence-corrected chi connectivity index (χ4v) is 1.27. The lowest BCUT2D eigenvalue weighted by Crippen LogP contribution is -2.10. The fourth-order valence-electron chi connectivity index (χ4n) is 1.27. The van der Waals surface area contributed by atoms with E-state index >= 15 is 0 Å². The zero-order valence-corrected chi connectivity index (χ0v) is 8.93. The maximum absolute atomic E-state index is 11.3. The Morgan fingerprint density at radius 1 is 1.31 bits per heavy atom. The number of hydrogen-bond acceptors (Lipinski definition) is 2. The number of carboxylic acid groups (broad SMARTS) is 1. The summed E-state index contributed by atoms with van der Waals surface area (Å²) >= 11 is 0. The van der Waals surface area contributed by atoms with E-state index in [1.807, 2.05) is 25.1 Å². The van der Waals surface area contributed by atoms with Gasteiger partial charge in [0.1, 0.15) is 0 Å². The van der Waals surface area contributed by atoms with Crippen LogP contribution < -0.4 is 5.32 Å². The molecule has 0 saturated carbocycles. The van der Waals surface area contributed by atoms with E-state index in [1.165, 1.54) is 0 Å². The highest BCUT2D eigenvalue weighted by Gasteiger charge is 2.02. The zero-order chi connectivity index (χ0) is 12.0. The Balaban J connectivity index is 2.73. The van der Waals surface area contributed by atoms with Crippen molar-refractivity contribution in [1.82, 2.24) is 0 Å². The van der Waals surface area contributed by atoms with Crippen LogP contribution in [-0.4, -0.2) is 17.0 Å². The largest absolute Gasteiger partial charge is 0.478 e. The number of carbonyl (C=O) groups excluding carboxylic acids is 1. The van der Waals surface area contributed by atoms with Crippen molar-refractivity contribution in [3.63, 3.8) is 0 Å². The molecule has 2 N–H and O–H groups in total. The van der Waals surface area contributed by atoms with Gasteiger partial charge in [0.15, 0.2) is 0 Å². The minimum absolute atomic E-state index is 0.441. The Bertz CT molecular complexity index is 424. The molecule has 4 heteroatoms. The van der Waals surface area contributed by atoms with Gasteiger partial charge in [-0.3, -0.25) is 4.79 Å². The quantitative estimate of drug-likeness (QED) is 0.759. The predicted molar refractivity (Wildman–Crippen MR) is 61.2 cm³/mol. The van der Waals surface area contributed by atoms with Gasteiger partial charge in [-0.1, -0.05) is 25.1 Å². The first-order valence-corrected chi connectivity index (χ1v) is 4.93. The van der Waals surface area contributed by atoms with Gasteiger partial charge in [0.25, 0.3) is 0 Å². The number of anilines is 1. The summed E-state index contributed by atoms with van der Waals surface area (Å²) in [6, 6.07) is 7.40. The van der Waals surface area contributed by atoms with Crippen molar-refractivity contribution >= 4 is 17.6 Å². The van der Waals surface area contributed by atoms with Gasteiger partial charge in [-0.05, 0) is 18.1 Å². The van der Waals surface area contributed by atoms with Crippen molar-refractivity contribution in [3.05, 3.63) is 42.0 Å². The maximum atomic E-state index is 11.3. The third-order valence-electron chi connectivity index (χ3n) is 2.03. The second-order valence-corrected chi connectivity index (χ2v) is 3.17. The van der Waals surface area contributed by atoms with Gasteiger partial charge in [-0.15, -0.1) is 0 Å². The minimum atomic E-state index is -1.14. The molecule has 0 spiro atoms. The number of para-hydroxylation sites is 1. The summed E-state index contributed by atoms with van der Waals surface area (Å²) in [5.41, 5.74) is 1.73. The molecule has 0 unspecified atom stereocenters. The summed E-state index contributed by atoms with van der Waals surface area (Å²) in [4.78, 5) is 21.5. The van der Waals surface area contributed by atoms with E-state index in [0.29, 0.717) is 5.69 Å². The molecule has 4 nitrogen and oxygen atoms in total. The molecule has 1 amide bonds. The molecule has 0 fully saturated rings. The van der Waals surface area contributed by atoms with Crippen LogP contribution in [0.25, 0.3) is 0 Å². The molecule has 1 rings (SSSR count). The molecule has 0 atom stereocenters. The molecule has 0 aliphatic heterocycles. The van der Waals surface area contributed by atoms with Crippen LogP contribution in [0, 0.1) is 0 Å². The summed E-state index contributed by atoms with van der Waals surface area (Å²) in [7, 11) is 0. The predicted octanol–water partition coefficient (Wildman–Crippen LogP) is 1.83. The molecule has 0 bridgehead atoms. The number of hydrogen-bond donors (Lipinski definition) is 2. The minimum Gasteiger partial charge on any atom is -0.478 e. The standard InChI is InChI=1S/C12H13NO3/c1-2-9-5-3-4-6-10(9)13-11(14)7-8-12(15)16/h3-8H,2H2,1H3,(H,13,14)(H,15,16). The van der Waals surface area contributed by atoms with Crippen molar-refractivity contribution in [3.8, 4) is 0 Å². The molecule has 0 saturated heterocycles. The van der Waals surface area contributed by atoms with Crippen LogP contribution in [0.4, 0.5) is 5.69 Å². The van der Waals surface area contributed by atoms with Gasteiger partial charge in [0.2, 0.25) is 5.91 Å². The third kappa shape index (κ3) is 3.57. The van der Waals surface area contributed by atoms with E-state index in [-0.39, 0.29) is 0 Å². The normalized spacial score (nSPS) is 10.3. The van der Waals surface area contributed by atoms with Gasteiger partial charge in [-0.2, -0.15) is 0 Å². The van der Waals surface area contributed by atoms with Crippen molar-refractivity contribution in [1.29, 1.82) is 0 Å². The maximum Gasteiger partial charge on any atom is 0.328 e. The molecular weight excluding hydrogens is 206 g/mol. The van der Waals surface area contributed by atoms with Crippen LogP contribution in [-0.2, 0) is 16.0 Å². The van der Waals surface area contributed by atoms with Crippen LogP contribution in [0.2, 0.25) is 0 Å². The Labute approximate surface area is 93.6 Å². The second kappa shape index (κ2) is 5.70. The Hall–Kier alpha value is -2.10. The second-order valence-electron chi connectivity index (χ2n) is 3.17. The van der Waals surface area contributed by atoms with Gasteiger partial charge in [-0.25, -0.2) is 4.79 Å². The SMILES string of the molecule is CCc1ccccc1NC(=O)C=CC(=O)O. The first kappa shape index (κ1) is 12.0. The molecule has 0 aliphatic rings. The van der Waals surface area contributed by atoms with Gasteiger partial charge in [0.05, 0.1) is 0 Å². The summed E-state index contributed by atoms with van der Waals surface area (Å²) in [6.45, 7) is 1.98. The number of rotatable bonds is 4. The fraction of sp³-hybridized carbons (Fsp3) is 0.167. The highest BCUT2D eigenvalue weighted by molar-refractivity contribution is 6.02. The number of benzene rings is 1. The van der Waals surface area contributed by atoms with Crippen molar-refractivity contribution in [2.75, 3.05) is 5.32 Å². The van der Waals surface area contributed by atoms with Crippen molar-refractivity contribution in [2.24, 2.45) is 0 Å². The topological polar surface area (TPSA) is 66.4 Å². The van der Waals surface area contributed by atoms with Crippen LogP contribution in [0.15, 0.2) is 36.4 Å². The highest BCUT2D eigenvalue weighted by Crippen LogP contribution is 2.15. The van der Waals surface area contributed by atoms with Gasteiger partial charge < -0.3 is 10.4 Å². The van der Waals surface area contributed by atoms with Crippen molar-refractivity contribution < 1.29 is 14.7 Å². The van der Waals surface area contributed by atoms with Gasteiger partial charge in [0, 0.05) is 17.8 Å². The number of carboxylic acids is 1. The van der Waals surface area contributed by atoms with Crippen LogP contribution in [0.3, 0.4) is 0 Å². The van der Waals surface area contributed by atoms with E-state index in [1.54, 1.807) is 6.07 Å². The van der Waals surface area contributed by atoms with E-state index < -0.39 is 11.9 Å². The number of nitrogens with one attached hydrogen (secondary N) is 1. The van der Waals surface area contributed by atoms with E-state index in [9.17, 15) is 9.59 Å². The Morgan fingerprint density at radius 2 is 2.00 bits per heavy atom. The van der Waals surface area contributed by atoms with E-state index in [2.05, 4.69) is 5.32 Å². The summed E-state index contributed by atoms with van der Waals surface area (Å²) in [6.07, 6.45) is 2.61. The summed E-state index contributed by atoms with van der Waals surface area (Å²) in [5.74, 6) is -1.58. The van der Waals surface area contributed by atoms with Gasteiger partial charge >= 0.3 is 5.97 Å². The summed E-state index contributed by atoms with van der Waals surface area (Å²) < 4.78 is 0. The molecule has 0 aliphatic carbocycles. The molecule has 1 aromatic rings. The molecule has 16 heavy (non-hydrogen) atoms. The molecule has 84 valence electrons. The summed E-state index contributed by atoms with van der Waals surface area (Å²) in [5, 5.41) is 11.0.